The molecule has 1 saturated carbocycles. The van der Waals surface area contributed by atoms with E-state index in [1.54, 1.807) is 12.1 Å². The minimum Gasteiger partial charge on any atom is -0.345 e. The molecule has 0 atom stereocenters. The van der Waals surface area contributed by atoms with E-state index in [0.717, 1.165) is 43.5 Å². The normalized spacial score (nSPS) is 13.9. The molecule has 1 aromatic heterocycles. The van der Waals surface area contributed by atoms with Crippen molar-refractivity contribution in [2.24, 2.45) is 5.92 Å². The van der Waals surface area contributed by atoms with Crippen molar-refractivity contribution < 1.29 is 9.18 Å². The topological polar surface area (TPSA) is 25.2 Å². The van der Waals surface area contributed by atoms with Crippen molar-refractivity contribution in [1.29, 1.82) is 0 Å². The van der Waals surface area contributed by atoms with Gasteiger partial charge in [-0.05, 0) is 49.1 Å². The van der Waals surface area contributed by atoms with Crippen LogP contribution >= 0.6 is 0 Å². The quantitative estimate of drug-likeness (QED) is 0.712. The smallest absolute Gasteiger partial charge is 0.226 e. The average molecular weight is 328 g/mol. The van der Waals surface area contributed by atoms with E-state index in [1.165, 1.54) is 6.07 Å². The number of hydrogen-bond donors (Lipinski definition) is 0. The molecule has 0 unspecified atom stereocenters. The number of amides is 1. The number of rotatable bonds is 8. The highest BCUT2D eigenvalue weighted by atomic mass is 19.1. The van der Waals surface area contributed by atoms with E-state index in [9.17, 15) is 9.18 Å². The largest absolute Gasteiger partial charge is 0.345 e. The number of aromatic nitrogens is 1. The van der Waals surface area contributed by atoms with Gasteiger partial charge in [-0.25, -0.2) is 4.39 Å². The molecule has 2 aromatic rings. The second-order valence-corrected chi connectivity index (χ2v) is 6.64. The summed E-state index contributed by atoms with van der Waals surface area (Å²) in [4.78, 5) is 14.5. The fourth-order valence-electron chi connectivity index (χ4n) is 2.98. The van der Waals surface area contributed by atoms with Crippen molar-refractivity contribution in [3.63, 3.8) is 0 Å². The van der Waals surface area contributed by atoms with E-state index < -0.39 is 0 Å². The molecule has 3 rings (SSSR count). The van der Waals surface area contributed by atoms with Gasteiger partial charge in [0.25, 0.3) is 0 Å². The summed E-state index contributed by atoms with van der Waals surface area (Å²) in [5, 5.41) is 0. The molecule has 1 heterocycles. The zero-order valence-electron chi connectivity index (χ0n) is 14.2. The Kier molecular flexibility index (Phi) is 5.34. The number of benzene rings is 1. The lowest BCUT2D eigenvalue weighted by Crippen LogP contribution is -2.33. The number of carbonyl (C=O) groups excluding carboxylic acids is 1. The minimum absolute atomic E-state index is 0.213. The summed E-state index contributed by atoms with van der Waals surface area (Å²) in [7, 11) is 0. The van der Waals surface area contributed by atoms with E-state index in [2.05, 4.69) is 17.6 Å². The lowest BCUT2D eigenvalue weighted by molar-refractivity contribution is -0.133. The molecule has 1 fully saturated rings. The first kappa shape index (κ1) is 16.7. The van der Waals surface area contributed by atoms with Crippen LogP contribution in [0.15, 0.2) is 42.6 Å². The number of nitrogens with zero attached hydrogens (tertiary/aromatic N) is 2. The molecule has 0 spiro atoms. The summed E-state index contributed by atoms with van der Waals surface area (Å²) < 4.78 is 15.5. The van der Waals surface area contributed by atoms with Gasteiger partial charge in [-0.2, -0.15) is 0 Å². The third-order valence-corrected chi connectivity index (χ3v) is 4.54. The fourth-order valence-corrected chi connectivity index (χ4v) is 2.98. The Bertz CT molecular complexity index is 690. The average Bonchev–Trinajstić information content (AvgIpc) is 3.33. The molecule has 4 heteroatoms. The molecule has 0 radical (unpaired) electrons. The Balaban J connectivity index is 1.71. The Labute approximate surface area is 143 Å². The van der Waals surface area contributed by atoms with Gasteiger partial charge in [-0.1, -0.05) is 25.5 Å². The van der Waals surface area contributed by atoms with E-state index in [0.29, 0.717) is 19.0 Å². The van der Waals surface area contributed by atoms with Gasteiger partial charge in [0.1, 0.15) is 5.82 Å². The van der Waals surface area contributed by atoms with Crippen molar-refractivity contribution in [2.75, 3.05) is 6.54 Å². The maximum Gasteiger partial charge on any atom is 0.226 e. The van der Waals surface area contributed by atoms with Gasteiger partial charge in [0.05, 0.1) is 6.54 Å². The van der Waals surface area contributed by atoms with Crippen LogP contribution < -0.4 is 0 Å². The predicted molar refractivity (Wildman–Crippen MR) is 93.0 cm³/mol. The molecular weight excluding hydrogens is 303 g/mol. The maximum atomic E-state index is 13.4. The SMILES string of the molecule is CCCCN(Cc1cccn1Cc1cccc(F)c1)C(=O)C1CC1. The van der Waals surface area contributed by atoms with Crippen LogP contribution in [0.1, 0.15) is 43.9 Å². The molecule has 1 aliphatic rings. The summed E-state index contributed by atoms with van der Waals surface area (Å²) in [6.45, 7) is 4.22. The predicted octanol–water partition coefficient (Wildman–Crippen LogP) is 4.21. The summed E-state index contributed by atoms with van der Waals surface area (Å²) in [6, 6.07) is 10.7. The van der Waals surface area contributed by atoms with Crippen LogP contribution in [0.2, 0.25) is 0 Å². The number of carbonyl (C=O) groups is 1. The maximum absolute atomic E-state index is 13.4. The molecule has 0 aliphatic heterocycles. The highest BCUT2D eigenvalue weighted by molar-refractivity contribution is 5.81. The van der Waals surface area contributed by atoms with Gasteiger partial charge in [0, 0.05) is 30.9 Å². The molecule has 1 aromatic carbocycles. The van der Waals surface area contributed by atoms with Crippen LogP contribution in [0.25, 0.3) is 0 Å². The van der Waals surface area contributed by atoms with E-state index in [4.69, 9.17) is 0 Å². The first-order valence-corrected chi connectivity index (χ1v) is 8.84. The van der Waals surface area contributed by atoms with Gasteiger partial charge in [0.2, 0.25) is 5.91 Å². The summed E-state index contributed by atoms with van der Waals surface area (Å²) in [5.41, 5.74) is 2.03. The number of hydrogen-bond acceptors (Lipinski definition) is 1. The van der Waals surface area contributed by atoms with Crippen LogP contribution in [0.5, 0.6) is 0 Å². The number of unbranched alkanes of at least 4 members (excludes halogenated alkanes) is 1. The molecule has 3 nitrogen and oxygen atoms in total. The lowest BCUT2D eigenvalue weighted by Gasteiger charge is -2.23. The molecular formula is C20H25FN2O. The van der Waals surface area contributed by atoms with Gasteiger partial charge < -0.3 is 9.47 Å². The van der Waals surface area contributed by atoms with Crippen molar-refractivity contribution in [3.05, 3.63) is 59.7 Å². The van der Waals surface area contributed by atoms with Crippen LogP contribution in [0.4, 0.5) is 4.39 Å². The first-order valence-electron chi connectivity index (χ1n) is 8.84. The second kappa shape index (κ2) is 7.65. The molecule has 0 N–H and O–H groups in total. The van der Waals surface area contributed by atoms with Crippen LogP contribution in [-0.2, 0) is 17.9 Å². The van der Waals surface area contributed by atoms with Crippen LogP contribution in [0.3, 0.4) is 0 Å². The van der Waals surface area contributed by atoms with Crippen LogP contribution in [0, 0.1) is 11.7 Å². The summed E-state index contributed by atoms with van der Waals surface area (Å²) >= 11 is 0. The van der Waals surface area contributed by atoms with E-state index in [-0.39, 0.29) is 11.7 Å². The molecule has 0 saturated heterocycles. The van der Waals surface area contributed by atoms with Crippen molar-refractivity contribution in [3.8, 4) is 0 Å². The Morgan fingerprint density at radius 1 is 1.29 bits per heavy atom. The van der Waals surface area contributed by atoms with Crippen molar-refractivity contribution in [2.45, 2.75) is 45.7 Å². The molecule has 1 aliphatic carbocycles. The monoisotopic (exact) mass is 328 g/mol. The zero-order valence-corrected chi connectivity index (χ0v) is 14.2. The second-order valence-electron chi connectivity index (χ2n) is 6.64. The highest BCUT2D eigenvalue weighted by Crippen LogP contribution is 2.31. The first-order chi connectivity index (χ1) is 11.7. The molecule has 0 bridgehead atoms. The van der Waals surface area contributed by atoms with E-state index in [1.807, 2.05) is 23.2 Å². The fraction of sp³-hybridized carbons (Fsp3) is 0.450. The summed E-state index contributed by atoms with van der Waals surface area (Å²) in [6.07, 6.45) is 6.18. The van der Waals surface area contributed by atoms with Crippen molar-refractivity contribution >= 4 is 5.91 Å². The Morgan fingerprint density at radius 2 is 2.12 bits per heavy atom. The van der Waals surface area contributed by atoms with Crippen LogP contribution in [-0.4, -0.2) is 21.9 Å². The van der Waals surface area contributed by atoms with Gasteiger partial charge in [-0.15, -0.1) is 0 Å². The van der Waals surface area contributed by atoms with Gasteiger partial charge in [0.15, 0.2) is 0 Å². The Hall–Kier alpha value is -2.10. The number of halogens is 1. The lowest BCUT2D eigenvalue weighted by atomic mass is 10.2. The molecule has 24 heavy (non-hydrogen) atoms. The van der Waals surface area contributed by atoms with Gasteiger partial charge >= 0.3 is 0 Å². The molecule has 1 amide bonds. The summed E-state index contributed by atoms with van der Waals surface area (Å²) in [5.74, 6) is 0.324. The van der Waals surface area contributed by atoms with Gasteiger partial charge in [-0.3, -0.25) is 4.79 Å². The third-order valence-electron chi connectivity index (χ3n) is 4.54. The highest BCUT2D eigenvalue weighted by Gasteiger charge is 2.33. The van der Waals surface area contributed by atoms with E-state index >= 15 is 0 Å². The Morgan fingerprint density at radius 3 is 2.83 bits per heavy atom. The third kappa shape index (κ3) is 4.25. The van der Waals surface area contributed by atoms with Crippen molar-refractivity contribution in [1.82, 2.24) is 9.47 Å². The minimum atomic E-state index is -0.213. The zero-order chi connectivity index (χ0) is 16.9. The molecule has 128 valence electrons. The standard InChI is InChI=1S/C20H25FN2O/c1-2-3-11-23(20(24)17-9-10-17)15-19-8-5-12-22(19)14-16-6-4-7-18(21)13-16/h4-8,12-13,17H,2-3,9-11,14-15H2,1H3.